The highest BCUT2D eigenvalue weighted by molar-refractivity contribution is 7.15. The lowest BCUT2D eigenvalue weighted by atomic mass is 9.65. The molecule has 9 heteroatoms. The summed E-state index contributed by atoms with van der Waals surface area (Å²) in [6.07, 6.45) is 4.16. The fraction of sp³-hybridized carbons (Fsp3) is 0.652. The number of thiazole rings is 1. The third-order valence-electron chi connectivity index (χ3n) is 6.32. The van der Waals surface area contributed by atoms with Gasteiger partial charge in [0.15, 0.2) is 12.0 Å². The average Bonchev–Trinajstić information content (AvgIpc) is 3.15. The van der Waals surface area contributed by atoms with Crippen LogP contribution in [0.4, 0.5) is 8.78 Å². The summed E-state index contributed by atoms with van der Waals surface area (Å²) in [7, 11) is 0. The van der Waals surface area contributed by atoms with E-state index in [1.54, 1.807) is 12.3 Å². The van der Waals surface area contributed by atoms with E-state index in [4.69, 9.17) is 0 Å². The van der Waals surface area contributed by atoms with E-state index in [1.807, 2.05) is 0 Å². The zero-order valence-electron chi connectivity index (χ0n) is 19.1. The van der Waals surface area contributed by atoms with Crippen LogP contribution in [0.25, 0.3) is 10.6 Å². The number of hydrogen-bond donors (Lipinski definition) is 2. The van der Waals surface area contributed by atoms with Gasteiger partial charge in [0.25, 0.3) is 0 Å². The van der Waals surface area contributed by atoms with E-state index in [1.165, 1.54) is 23.6 Å². The average molecular weight is 470 g/mol. The van der Waals surface area contributed by atoms with Gasteiger partial charge >= 0.3 is 6.61 Å². The van der Waals surface area contributed by atoms with Gasteiger partial charge in [0, 0.05) is 30.9 Å². The highest BCUT2D eigenvalue weighted by Gasteiger charge is 2.46. The molecular formula is C23H33F2N3O3S. The van der Waals surface area contributed by atoms with Crippen LogP contribution in [0.15, 0.2) is 24.5 Å². The van der Waals surface area contributed by atoms with E-state index in [2.05, 4.69) is 47.3 Å². The number of aromatic nitrogens is 2. The van der Waals surface area contributed by atoms with Crippen LogP contribution in [-0.2, 0) is 6.54 Å². The van der Waals surface area contributed by atoms with Crippen molar-refractivity contribution in [3.63, 3.8) is 0 Å². The molecule has 1 fully saturated rings. The van der Waals surface area contributed by atoms with Crippen LogP contribution in [0.5, 0.6) is 5.75 Å². The highest BCUT2D eigenvalue weighted by atomic mass is 32.1. The van der Waals surface area contributed by atoms with Gasteiger partial charge in [-0.3, -0.25) is 9.88 Å². The first kappa shape index (κ1) is 25.0. The maximum Gasteiger partial charge on any atom is 0.387 e. The number of piperidine rings is 1. The van der Waals surface area contributed by atoms with Crippen molar-refractivity contribution in [3.05, 3.63) is 29.5 Å². The molecule has 1 aliphatic rings. The molecule has 0 saturated carbocycles. The molecule has 1 saturated heterocycles. The molecule has 178 valence electrons. The highest BCUT2D eigenvalue weighted by Crippen LogP contribution is 2.46. The summed E-state index contributed by atoms with van der Waals surface area (Å²) >= 11 is 1.39. The van der Waals surface area contributed by atoms with Gasteiger partial charge in [-0.25, -0.2) is 4.98 Å². The van der Waals surface area contributed by atoms with Crippen molar-refractivity contribution in [2.24, 2.45) is 16.7 Å². The molecule has 3 rings (SSSR count). The smallest absolute Gasteiger partial charge is 0.387 e. The van der Waals surface area contributed by atoms with E-state index >= 15 is 0 Å². The second kappa shape index (κ2) is 10.1. The third-order valence-corrected chi connectivity index (χ3v) is 7.31. The first-order valence-corrected chi connectivity index (χ1v) is 11.8. The van der Waals surface area contributed by atoms with Crippen molar-refractivity contribution >= 4 is 11.3 Å². The molecule has 32 heavy (non-hydrogen) atoms. The van der Waals surface area contributed by atoms with Gasteiger partial charge in [-0.1, -0.05) is 34.1 Å². The first-order chi connectivity index (χ1) is 15.0. The largest absolute Gasteiger partial charge is 0.432 e. The van der Waals surface area contributed by atoms with Crippen molar-refractivity contribution in [2.75, 3.05) is 13.1 Å². The molecule has 2 aromatic heterocycles. The first-order valence-electron chi connectivity index (χ1n) is 11.0. The van der Waals surface area contributed by atoms with Gasteiger partial charge in [-0.2, -0.15) is 8.78 Å². The van der Waals surface area contributed by atoms with Crippen molar-refractivity contribution in [1.29, 1.82) is 0 Å². The number of aliphatic hydroxyl groups excluding tert-OH is 1. The second-order valence-electron chi connectivity index (χ2n) is 9.77. The Bertz CT molecular complexity index is 887. The maximum absolute atomic E-state index is 12.8. The van der Waals surface area contributed by atoms with Gasteiger partial charge in [0.1, 0.15) is 10.7 Å². The van der Waals surface area contributed by atoms with Crippen LogP contribution < -0.4 is 4.74 Å². The van der Waals surface area contributed by atoms with Gasteiger partial charge in [0.2, 0.25) is 0 Å². The topological polar surface area (TPSA) is 78.7 Å². The summed E-state index contributed by atoms with van der Waals surface area (Å²) in [6, 6.07) is 3.02. The Morgan fingerprint density at radius 3 is 2.69 bits per heavy atom. The van der Waals surface area contributed by atoms with Crippen molar-refractivity contribution in [2.45, 2.75) is 66.4 Å². The summed E-state index contributed by atoms with van der Waals surface area (Å²) in [5.41, 5.74) is -0.214. The van der Waals surface area contributed by atoms with Crippen LogP contribution in [0.3, 0.4) is 0 Å². The minimum atomic E-state index is -2.93. The molecule has 0 aliphatic carbocycles. The predicted octanol–water partition coefficient (Wildman–Crippen LogP) is 4.77. The molecule has 0 spiro atoms. The summed E-state index contributed by atoms with van der Waals surface area (Å²) in [4.78, 5) is 11.6. The number of halogens is 2. The fourth-order valence-corrected chi connectivity index (χ4v) is 5.55. The molecule has 2 atom stereocenters. The number of aliphatic hydroxyl groups is 2. The van der Waals surface area contributed by atoms with Crippen LogP contribution in [0, 0.1) is 16.7 Å². The Morgan fingerprint density at radius 2 is 2.06 bits per heavy atom. The summed E-state index contributed by atoms with van der Waals surface area (Å²) in [5.74, 6) is 0.319. The molecule has 2 aromatic rings. The molecular weight excluding hydrogens is 436 g/mol. The SMILES string of the molecule is CCC[C@@]1(C(O)O)C[C@@H](C(C)(C)C)CN(Cc2ncc(-c3ncccc3OC(F)F)s2)C1. The molecule has 3 heterocycles. The standard InChI is InChI=1S/C23H33F2N3O3S/c1-5-8-23(20(29)30)10-15(22(2,3)4)12-28(14-23)13-18-27-11-17(32-18)19-16(31-21(24)25)7-6-9-26-19/h6-7,9,11,15,20-21,29-30H,5,8,10,12-14H2,1-4H3/t15-,23-/m1/s1. The van der Waals surface area contributed by atoms with Crippen molar-refractivity contribution in [3.8, 4) is 16.3 Å². The fourth-order valence-electron chi connectivity index (χ4n) is 4.59. The molecule has 0 unspecified atom stereocenters. The summed E-state index contributed by atoms with van der Waals surface area (Å²) in [6.45, 7) is 7.66. The van der Waals surface area contributed by atoms with E-state index < -0.39 is 18.3 Å². The number of alkyl halides is 2. The van der Waals surface area contributed by atoms with Crippen molar-refractivity contribution in [1.82, 2.24) is 14.9 Å². The number of hydrogen-bond acceptors (Lipinski definition) is 7. The third kappa shape index (κ3) is 5.81. The number of likely N-dealkylation sites (tertiary alicyclic amines) is 1. The van der Waals surface area contributed by atoms with Crippen LogP contribution in [-0.4, -0.2) is 51.1 Å². The summed E-state index contributed by atoms with van der Waals surface area (Å²) < 4.78 is 30.1. The predicted molar refractivity (Wildman–Crippen MR) is 120 cm³/mol. The van der Waals surface area contributed by atoms with Gasteiger partial charge < -0.3 is 14.9 Å². The molecule has 0 bridgehead atoms. The minimum absolute atomic E-state index is 0.0221. The molecule has 6 nitrogen and oxygen atoms in total. The summed E-state index contributed by atoms with van der Waals surface area (Å²) in [5, 5.41) is 21.4. The monoisotopic (exact) mass is 469 g/mol. The lowest BCUT2D eigenvalue weighted by Gasteiger charge is -2.50. The molecule has 0 aromatic carbocycles. The number of ether oxygens (including phenoxy) is 1. The Balaban J connectivity index is 1.83. The van der Waals surface area contributed by atoms with E-state index in [0.717, 1.165) is 30.8 Å². The van der Waals surface area contributed by atoms with Crippen LogP contribution in [0.1, 0.15) is 52.0 Å². The maximum atomic E-state index is 12.8. The zero-order valence-corrected chi connectivity index (χ0v) is 19.9. The van der Waals surface area contributed by atoms with E-state index in [-0.39, 0.29) is 11.2 Å². The Morgan fingerprint density at radius 1 is 1.31 bits per heavy atom. The molecule has 0 radical (unpaired) electrons. The van der Waals surface area contributed by atoms with Crippen molar-refractivity contribution < 1.29 is 23.7 Å². The number of pyridine rings is 1. The Labute approximate surface area is 192 Å². The van der Waals surface area contributed by atoms with E-state index in [0.29, 0.717) is 29.6 Å². The van der Waals surface area contributed by atoms with Crippen LogP contribution >= 0.6 is 11.3 Å². The quantitative estimate of drug-likeness (QED) is 0.542. The van der Waals surface area contributed by atoms with E-state index in [9.17, 15) is 19.0 Å². The minimum Gasteiger partial charge on any atom is -0.432 e. The normalized spacial score (nSPS) is 22.6. The van der Waals surface area contributed by atoms with Gasteiger partial charge in [0.05, 0.1) is 11.4 Å². The lowest BCUT2D eigenvalue weighted by Crippen LogP contribution is -2.54. The zero-order chi connectivity index (χ0) is 23.5. The Kier molecular flexibility index (Phi) is 7.85. The number of nitrogens with zero attached hydrogens (tertiary/aromatic N) is 3. The van der Waals surface area contributed by atoms with Gasteiger partial charge in [-0.05, 0) is 36.3 Å². The van der Waals surface area contributed by atoms with Gasteiger partial charge in [-0.15, -0.1) is 11.3 Å². The second-order valence-corrected chi connectivity index (χ2v) is 10.9. The molecule has 0 amide bonds. The molecule has 2 N–H and O–H groups in total. The lowest BCUT2D eigenvalue weighted by molar-refractivity contribution is -0.177. The number of rotatable bonds is 8. The Hall–Kier alpha value is -1.68. The van der Waals surface area contributed by atoms with Crippen LogP contribution in [0.2, 0.25) is 0 Å². The molecule has 1 aliphatic heterocycles.